The number of piperazine rings is 1. The van der Waals surface area contributed by atoms with Crippen LogP contribution in [0.2, 0.25) is 0 Å². The first-order chi connectivity index (χ1) is 15.4. The zero-order valence-corrected chi connectivity index (χ0v) is 18.1. The molecule has 10 heteroatoms. The number of aromatic nitrogens is 3. The standard InChI is InChI=1S/C22H25N5O5/c1-23-20-16(21(29)24(2)22(23)30)5-6-27(20)13-19(28)26-9-7-25(8-10-26)12-15-3-4-17-18(11-15)32-14-31-17/h3-6,11H,7-10,12-14H2,1-2H3. The molecule has 0 saturated carbocycles. The van der Waals surface area contributed by atoms with Gasteiger partial charge in [0.25, 0.3) is 5.56 Å². The van der Waals surface area contributed by atoms with E-state index in [1.165, 1.54) is 11.6 Å². The molecule has 4 heterocycles. The Bertz CT molecular complexity index is 1310. The number of amides is 1. The molecule has 2 aliphatic heterocycles. The number of carbonyl (C=O) groups excluding carboxylic acids is 1. The number of carbonyl (C=O) groups is 1. The maximum atomic E-state index is 12.9. The molecule has 1 saturated heterocycles. The van der Waals surface area contributed by atoms with E-state index in [4.69, 9.17) is 9.47 Å². The van der Waals surface area contributed by atoms with E-state index in [9.17, 15) is 14.4 Å². The summed E-state index contributed by atoms with van der Waals surface area (Å²) in [5.41, 5.74) is 0.849. The lowest BCUT2D eigenvalue weighted by atomic mass is 10.1. The fraction of sp³-hybridized carbons (Fsp3) is 0.409. The van der Waals surface area contributed by atoms with Crippen molar-refractivity contribution in [1.82, 2.24) is 23.5 Å². The molecule has 0 N–H and O–H groups in total. The number of benzene rings is 1. The normalized spacial score (nSPS) is 16.1. The predicted molar refractivity (Wildman–Crippen MR) is 117 cm³/mol. The minimum atomic E-state index is -0.410. The van der Waals surface area contributed by atoms with Crippen molar-refractivity contribution in [2.45, 2.75) is 13.1 Å². The summed E-state index contributed by atoms with van der Waals surface area (Å²) in [6.07, 6.45) is 1.69. The lowest BCUT2D eigenvalue weighted by Crippen LogP contribution is -2.49. The third-order valence-electron chi connectivity index (χ3n) is 6.23. The zero-order chi connectivity index (χ0) is 22.4. The molecular weight excluding hydrogens is 414 g/mol. The van der Waals surface area contributed by atoms with Crippen LogP contribution in [0.3, 0.4) is 0 Å². The molecule has 0 bridgehead atoms. The Morgan fingerprint density at radius 3 is 2.50 bits per heavy atom. The predicted octanol–water partition coefficient (Wildman–Crippen LogP) is 0.112. The van der Waals surface area contributed by atoms with Crippen LogP contribution >= 0.6 is 0 Å². The van der Waals surface area contributed by atoms with Gasteiger partial charge in [0.15, 0.2) is 11.5 Å². The molecule has 3 aromatic rings. The van der Waals surface area contributed by atoms with E-state index in [0.717, 1.165) is 41.3 Å². The van der Waals surface area contributed by atoms with Crippen molar-refractivity contribution < 1.29 is 14.3 Å². The molecule has 0 spiro atoms. The fourth-order valence-corrected chi connectivity index (χ4v) is 4.41. The van der Waals surface area contributed by atoms with Gasteiger partial charge in [0, 0.05) is 53.0 Å². The highest BCUT2D eigenvalue weighted by atomic mass is 16.7. The van der Waals surface area contributed by atoms with E-state index >= 15 is 0 Å². The first-order valence-electron chi connectivity index (χ1n) is 10.6. The van der Waals surface area contributed by atoms with Gasteiger partial charge < -0.3 is 18.9 Å². The molecule has 5 rings (SSSR count). The van der Waals surface area contributed by atoms with Crippen molar-refractivity contribution in [3.05, 3.63) is 56.9 Å². The van der Waals surface area contributed by atoms with E-state index in [-0.39, 0.29) is 24.8 Å². The quantitative estimate of drug-likeness (QED) is 0.573. The monoisotopic (exact) mass is 439 g/mol. The second kappa shape index (κ2) is 7.86. The van der Waals surface area contributed by atoms with Crippen molar-refractivity contribution in [3.63, 3.8) is 0 Å². The van der Waals surface area contributed by atoms with E-state index in [2.05, 4.69) is 4.90 Å². The van der Waals surface area contributed by atoms with E-state index < -0.39 is 5.69 Å². The number of fused-ring (bicyclic) bond motifs is 2. The van der Waals surface area contributed by atoms with Crippen LogP contribution in [0, 0.1) is 0 Å². The Kier molecular flexibility index (Phi) is 5.01. The summed E-state index contributed by atoms with van der Waals surface area (Å²) >= 11 is 0. The molecule has 168 valence electrons. The van der Waals surface area contributed by atoms with Crippen LogP contribution in [0.4, 0.5) is 0 Å². The van der Waals surface area contributed by atoms with Crippen LogP contribution in [0.15, 0.2) is 40.1 Å². The Morgan fingerprint density at radius 1 is 0.969 bits per heavy atom. The smallest absolute Gasteiger partial charge is 0.332 e. The molecule has 0 aliphatic carbocycles. The Hall–Kier alpha value is -3.53. The largest absolute Gasteiger partial charge is 0.454 e. The first-order valence-corrected chi connectivity index (χ1v) is 10.6. The molecular formula is C22H25N5O5. The van der Waals surface area contributed by atoms with Gasteiger partial charge in [-0.15, -0.1) is 0 Å². The third kappa shape index (κ3) is 3.46. The van der Waals surface area contributed by atoms with Gasteiger partial charge in [-0.3, -0.25) is 23.6 Å². The van der Waals surface area contributed by atoms with Crippen LogP contribution in [-0.4, -0.2) is 62.4 Å². The molecule has 1 aromatic carbocycles. The number of hydrogen-bond donors (Lipinski definition) is 0. The first kappa shape index (κ1) is 20.4. The number of nitrogens with zero attached hydrogens (tertiary/aromatic N) is 5. The molecule has 32 heavy (non-hydrogen) atoms. The average molecular weight is 439 g/mol. The summed E-state index contributed by atoms with van der Waals surface area (Å²) in [7, 11) is 3.07. The van der Waals surface area contributed by atoms with Gasteiger partial charge in [0.2, 0.25) is 12.7 Å². The summed E-state index contributed by atoms with van der Waals surface area (Å²) in [5, 5.41) is 0.427. The van der Waals surface area contributed by atoms with E-state index in [1.54, 1.807) is 23.9 Å². The van der Waals surface area contributed by atoms with Crippen LogP contribution in [0.1, 0.15) is 5.56 Å². The lowest BCUT2D eigenvalue weighted by Gasteiger charge is -2.35. The highest BCUT2D eigenvalue weighted by Gasteiger charge is 2.23. The third-order valence-corrected chi connectivity index (χ3v) is 6.23. The van der Waals surface area contributed by atoms with Crippen LogP contribution in [0.5, 0.6) is 11.5 Å². The zero-order valence-electron chi connectivity index (χ0n) is 18.1. The lowest BCUT2D eigenvalue weighted by molar-refractivity contribution is -0.133. The highest BCUT2D eigenvalue weighted by molar-refractivity contribution is 5.80. The van der Waals surface area contributed by atoms with Gasteiger partial charge in [0.05, 0.1) is 5.39 Å². The van der Waals surface area contributed by atoms with Crippen molar-refractivity contribution in [1.29, 1.82) is 0 Å². The number of hydrogen-bond acceptors (Lipinski definition) is 6. The van der Waals surface area contributed by atoms with Crippen LogP contribution < -0.4 is 20.7 Å². The molecule has 10 nitrogen and oxygen atoms in total. The van der Waals surface area contributed by atoms with E-state index in [1.807, 2.05) is 23.1 Å². The van der Waals surface area contributed by atoms with Gasteiger partial charge in [-0.2, -0.15) is 0 Å². The molecule has 1 amide bonds. The molecule has 0 radical (unpaired) electrons. The maximum Gasteiger partial charge on any atom is 0.332 e. The molecule has 1 fully saturated rings. The SMILES string of the molecule is Cn1c(=O)c2ccn(CC(=O)N3CCN(Cc4ccc5c(c4)OCO5)CC3)c2n(C)c1=O. The summed E-state index contributed by atoms with van der Waals surface area (Å²) in [4.78, 5) is 41.7. The van der Waals surface area contributed by atoms with Crippen LogP contribution in [-0.2, 0) is 32.0 Å². The van der Waals surface area contributed by atoms with Gasteiger partial charge >= 0.3 is 5.69 Å². The van der Waals surface area contributed by atoms with E-state index in [0.29, 0.717) is 24.1 Å². The molecule has 0 atom stereocenters. The van der Waals surface area contributed by atoms with Gasteiger partial charge in [0.1, 0.15) is 12.2 Å². The van der Waals surface area contributed by atoms with Gasteiger partial charge in [-0.25, -0.2) is 4.79 Å². The molecule has 0 unspecified atom stereocenters. The topological polar surface area (TPSA) is 90.9 Å². The Labute approximate surface area is 183 Å². The Balaban J connectivity index is 1.24. The summed E-state index contributed by atoms with van der Waals surface area (Å²) < 4.78 is 15.0. The van der Waals surface area contributed by atoms with Gasteiger partial charge in [-0.05, 0) is 23.8 Å². The Morgan fingerprint density at radius 2 is 1.72 bits per heavy atom. The van der Waals surface area contributed by atoms with Crippen molar-refractivity contribution in [2.75, 3.05) is 33.0 Å². The van der Waals surface area contributed by atoms with Gasteiger partial charge in [-0.1, -0.05) is 6.07 Å². The van der Waals surface area contributed by atoms with Crippen molar-refractivity contribution in [3.8, 4) is 11.5 Å². The highest BCUT2D eigenvalue weighted by Crippen LogP contribution is 2.32. The number of ether oxygens (including phenoxy) is 2. The molecule has 2 aliphatic rings. The van der Waals surface area contributed by atoms with Crippen molar-refractivity contribution in [2.24, 2.45) is 14.1 Å². The second-order valence-corrected chi connectivity index (χ2v) is 8.23. The fourth-order valence-electron chi connectivity index (χ4n) is 4.41. The second-order valence-electron chi connectivity index (χ2n) is 8.23. The minimum absolute atomic E-state index is 0.0293. The summed E-state index contributed by atoms with van der Waals surface area (Å²) in [5.74, 6) is 1.52. The average Bonchev–Trinajstić information content (AvgIpc) is 3.43. The van der Waals surface area contributed by atoms with Crippen LogP contribution in [0.25, 0.3) is 11.0 Å². The summed E-state index contributed by atoms with van der Waals surface area (Å²) in [6, 6.07) is 7.63. The number of rotatable bonds is 4. The number of aryl methyl sites for hydroxylation is 1. The molecule has 2 aromatic heterocycles. The summed E-state index contributed by atoms with van der Waals surface area (Å²) in [6.45, 7) is 3.93. The minimum Gasteiger partial charge on any atom is -0.454 e. The van der Waals surface area contributed by atoms with Crippen molar-refractivity contribution >= 4 is 16.9 Å². The maximum absolute atomic E-state index is 12.9.